The van der Waals surface area contributed by atoms with Crippen LogP contribution in [0.5, 0.6) is 0 Å². The van der Waals surface area contributed by atoms with Gasteiger partial charge in [-0.25, -0.2) is 0 Å². The van der Waals surface area contributed by atoms with E-state index in [1.165, 1.54) is 0 Å². The van der Waals surface area contributed by atoms with Crippen molar-refractivity contribution < 1.29 is 9.53 Å². The van der Waals surface area contributed by atoms with Crippen molar-refractivity contribution in [3.63, 3.8) is 0 Å². The van der Waals surface area contributed by atoms with Crippen molar-refractivity contribution in [1.82, 2.24) is 4.90 Å². The Labute approximate surface area is 104 Å². The fraction of sp³-hybridized carbons (Fsp3) is 0.923. The minimum atomic E-state index is 0.193. The van der Waals surface area contributed by atoms with Gasteiger partial charge in [-0.05, 0) is 32.6 Å². The van der Waals surface area contributed by atoms with Gasteiger partial charge in [0.15, 0.2) is 0 Å². The summed E-state index contributed by atoms with van der Waals surface area (Å²) in [5.41, 5.74) is 5.68. The Morgan fingerprint density at radius 2 is 2.35 bits per heavy atom. The van der Waals surface area contributed by atoms with E-state index in [1.807, 2.05) is 11.8 Å². The standard InChI is InChI=1S/C13H26N2O2/c1-3-12-10-15(8-5-9-17-12)13(16)7-4-6-11(2)14/h11-12H,3-10,14H2,1-2H3. The first-order valence-corrected chi connectivity index (χ1v) is 6.78. The van der Waals surface area contributed by atoms with Gasteiger partial charge < -0.3 is 15.4 Å². The van der Waals surface area contributed by atoms with Crippen LogP contribution in [0.1, 0.15) is 46.0 Å². The van der Waals surface area contributed by atoms with E-state index in [-0.39, 0.29) is 18.1 Å². The van der Waals surface area contributed by atoms with Gasteiger partial charge in [0.2, 0.25) is 5.91 Å². The predicted octanol–water partition coefficient (Wildman–Crippen LogP) is 1.53. The quantitative estimate of drug-likeness (QED) is 0.795. The molecule has 4 heteroatoms. The van der Waals surface area contributed by atoms with Crippen LogP contribution < -0.4 is 5.73 Å². The van der Waals surface area contributed by atoms with Gasteiger partial charge in [0.1, 0.15) is 0 Å². The fourth-order valence-corrected chi connectivity index (χ4v) is 2.10. The highest BCUT2D eigenvalue weighted by molar-refractivity contribution is 5.76. The van der Waals surface area contributed by atoms with Gasteiger partial charge in [-0.1, -0.05) is 6.92 Å². The third kappa shape index (κ3) is 5.50. The molecule has 0 aromatic carbocycles. The van der Waals surface area contributed by atoms with Crippen LogP contribution in [-0.2, 0) is 9.53 Å². The lowest BCUT2D eigenvalue weighted by molar-refractivity contribution is -0.132. The lowest BCUT2D eigenvalue weighted by Gasteiger charge is -2.23. The van der Waals surface area contributed by atoms with Gasteiger partial charge >= 0.3 is 0 Å². The number of carbonyl (C=O) groups is 1. The Kier molecular flexibility index (Phi) is 6.52. The van der Waals surface area contributed by atoms with Gasteiger partial charge in [0, 0.05) is 32.2 Å². The summed E-state index contributed by atoms with van der Waals surface area (Å²) in [6.45, 7) is 6.47. The molecule has 0 spiro atoms. The van der Waals surface area contributed by atoms with Gasteiger partial charge in [0.25, 0.3) is 0 Å². The zero-order chi connectivity index (χ0) is 12.7. The first-order valence-electron chi connectivity index (χ1n) is 6.78. The second-order valence-electron chi connectivity index (χ2n) is 4.96. The van der Waals surface area contributed by atoms with E-state index in [0.717, 1.165) is 45.4 Å². The Morgan fingerprint density at radius 3 is 3.00 bits per heavy atom. The molecule has 1 saturated heterocycles. The second-order valence-corrected chi connectivity index (χ2v) is 4.96. The molecular weight excluding hydrogens is 216 g/mol. The molecule has 0 aromatic heterocycles. The van der Waals surface area contributed by atoms with Gasteiger partial charge in [-0.3, -0.25) is 4.79 Å². The van der Waals surface area contributed by atoms with Crippen LogP contribution in [0.25, 0.3) is 0 Å². The number of ether oxygens (including phenoxy) is 1. The lowest BCUT2D eigenvalue weighted by atomic mass is 10.1. The average Bonchev–Trinajstić information content (AvgIpc) is 2.53. The van der Waals surface area contributed by atoms with Crippen LogP contribution in [0.3, 0.4) is 0 Å². The summed E-state index contributed by atoms with van der Waals surface area (Å²) >= 11 is 0. The third-order valence-corrected chi connectivity index (χ3v) is 3.21. The zero-order valence-corrected chi connectivity index (χ0v) is 11.2. The maximum absolute atomic E-state index is 12.0. The number of amides is 1. The molecule has 0 saturated carbocycles. The summed E-state index contributed by atoms with van der Waals surface area (Å²) < 4.78 is 5.66. The van der Waals surface area contributed by atoms with Crippen molar-refractivity contribution in [3.8, 4) is 0 Å². The van der Waals surface area contributed by atoms with Gasteiger partial charge in [-0.2, -0.15) is 0 Å². The molecule has 0 bridgehead atoms. The Balaban J connectivity index is 2.33. The largest absolute Gasteiger partial charge is 0.376 e. The maximum Gasteiger partial charge on any atom is 0.222 e. The van der Waals surface area contributed by atoms with Crippen molar-refractivity contribution in [3.05, 3.63) is 0 Å². The Morgan fingerprint density at radius 1 is 1.59 bits per heavy atom. The minimum Gasteiger partial charge on any atom is -0.376 e. The lowest BCUT2D eigenvalue weighted by Crippen LogP contribution is -2.36. The van der Waals surface area contributed by atoms with Crippen LogP contribution in [0, 0.1) is 0 Å². The zero-order valence-electron chi connectivity index (χ0n) is 11.2. The van der Waals surface area contributed by atoms with Gasteiger partial charge in [0.05, 0.1) is 6.10 Å². The second kappa shape index (κ2) is 7.67. The average molecular weight is 242 g/mol. The molecule has 17 heavy (non-hydrogen) atoms. The van der Waals surface area contributed by atoms with Crippen LogP contribution >= 0.6 is 0 Å². The van der Waals surface area contributed by atoms with Crippen LogP contribution in [0.15, 0.2) is 0 Å². The molecule has 4 nitrogen and oxygen atoms in total. The number of rotatable bonds is 5. The Bertz CT molecular complexity index is 231. The van der Waals surface area contributed by atoms with E-state index in [0.29, 0.717) is 6.42 Å². The minimum absolute atomic E-state index is 0.193. The van der Waals surface area contributed by atoms with E-state index in [1.54, 1.807) is 0 Å². The van der Waals surface area contributed by atoms with E-state index in [2.05, 4.69) is 6.92 Å². The van der Waals surface area contributed by atoms with Crippen molar-refractivity contribution >= 4 is 5.91 Å². The number of hydrogen-bond acceptors (Lipinski definition) is 3. The SMILES string of the molecule is CCC1CN(C(=O)CCCC(C)N)CCCO1. The fourth-order valence-electron chi connectivity index (χ4n) is 2.10. The molecule has 1 heterocycles. The summed E-state index contributed by atoms with van der Waals surface area (Å²) in [6.07, 6.45) is 4.59. The molecule has 1 fully saturated rings. The summed E-state index contributed by atoms with van der Waals surface area (Å²) in [7, 11) is 0. The highest BCUT2D eigenvalue weighted by Gasteiger charge is 2.20. The first kappa shape index (κ1) is 14.5. The summed E-state index contributed by atoms with van der Waals surface area (Å²) in [4.78, 5) is 14.0. The van der Waals surface area contributed by atoms with Crippen LogP contribution in [0.2, 0.25) is 0 Å². The normalized spacial score (nSPS) is 23.2. The van der Waals surface area contributed by atoms with E-state index >= 15 is 0 Å². The smallest absolute Gasteiger partial charge is 0.222 e. The molecule has 100 valence electrons. The maximum atomic E-state index is 12.0. The molecule has 2 N–H and O–H groups in total. The molecule has 2 atom stereocenters. The van der Waals surface area contributed by atoms with Crippen molar-refractivity contribution in [1.29, 1.82) is 0 Å². The van der Waals surface area contributed by atoms with E-state index in [4.69, 9.17) is 10.5 Å². The number of nitrogens with two attached hydrogens (primary N) is 1. The number of nitrogens with zero attached hydrogens (tertiary/aromatic N) is 1. The molecule has 0 radical (unpaired) electrons. The third-order valence-electron chi connectivity index (χ3n) is 3.21. The monoisotopic (exact) mass is 242 g/mol. The molecular formula is C13H26N2O2. The summed E-state index contributed by atoms with van der Waals surface area (Å²) in [6, 6.07) is 0.193. The molecule has 1 aliphatic rings. The van der Waals surface area contributed by atoms with E-state index < -0.39 is 0 Å². The van der Waals surface area contributed by atoms with Gasteiger partial charge in [-0.15, -0.1) is 0 Å². The van der Waals surface area contributed by atoms with Crippen LogP contribution in [0.4, 0.5) is 0 Å². The molecule has 0 aromatic rings. The van der Waals surface area contributed by atoms with Crippen molar-refractivity contribution in [2.24, 2.45) is 5.73 Å². The number of hydrogen-bond donors (Lipinski definition) is 1. The summed E-state index contributed by atoms with van der Waals surface area (Å²) in [5, 5.41) is 0. The van der Waals surface area contributed by atoms with Crippen molar-refractivity contribution in [2.75, 3.05) is 19.7 Å². The highest BCUT2D eigenvalue weighted by atomic mass is 16.5. The molecule has 1 amide bonds. The Hall–Kier alpha value is -0.610. The number of carbonyl (C=O) groups excluding carboxylic acids is 1. The van der Waals surface area contributed by atoms with E-state index in [9.17, 15) is 4.79 Å². The predicted molar refractivity (Wildman–Crippen MR) is 68.7 cm³/mol. The highest BCUT2D eigenvalue weighted by Crippen LogP contribution is 2.11. The molecule has 0 aliphatic carbocycles. The van der Waals surface area contributed by atoms with Crippen LogP contribution in [-0.4, -0.2) is 42.6 Å². The molecule has 1 rings (SSSR count). The molecule has 1 aliphatic heterocycles. The topological polar surface area (TPSA) is 55.6 Å². The van der Waals surface area contributed by atoms with Crippen molar-refractivity contribution in [2.45, 2.75) is 58.1 Å². The first-order chi connectivity index (χ1) is 8.13. The summed E-state index contributed by atoms with van der Waals surface area (Å²) in [5.74, 6) is 0.259. The molecule has 2 unspecified atom stereocenters.